The molecule has 0 aliphatic carbocycles. The van der Waals surface area contributed by atoms with Crippen molar-refractivity contribution in [1.82, 2.24) is 15.5 Å². The predicted octanol–water partition coefficient (Wildman–Crippen LogP) is 3.18. The topological polar surface area (TPSA) is 85.4 Å². The summed E-state index contributed by atoms with van der Waals surface area (Å²) in [5.74, 6) is 1.01. The number of methoxy groups -OCH3 is 2. The maximum atomic E-state index is 13.6. The van der Waals surface area contributed by atoms with Crippen LogP contribution in [-0.2, 0) is 13.1 Å². The summed E-state index contributed by atoms with van der Waals surface area (Å²) < 4.78 is 24.1. The molecule has 2 aromatic carbocycles. The number of aromatic nitrogens is 2. The molecule has 0 unspecified atom stereocenters. The van der Waals surface area contributed by atoms with E-state index in [0.717, 1.165) is 5.56 Å². The molecule has 3 rings (SSSR count). The van der Waals surface area contributed by atoms with Crippen LogP contribution in [0.2, 0.25) is 0 Å². The average molecular weight is 396 g/mol. The van der Waals surface area contributed by atoms with E-state index in [4.69, 9.17) is 9.47 Å². The van der Waals surface area contributed by atoms with Crippen LogP contribution < -0.4 is 20.1 Å². The van der Waals surface area contributed by atoms with Gasteiger partial charge in [-0.15, -0.1) is 10.2 Å². The maximum absolute atomic E-state index is 13.6. The second-order valence-corrected chi connectivity index (χ2v) is 6.12. The highest BCUT2D eigenvalue weighted by Crippen LogP contribution is 2.27. The predicted molar refractivity (Wildman–Crippen MR) is 106 cm³/mol. The Bertz CT molecular complexity index is 980. The summed E-state index contributed by atoms with van der Waals surface area (Å²) in [7, 11) is 3.12. The molecule has 0 aliphatic rings. The molecule has 150 valence electrons. The first-order valence-corrected chi connectivity index (χ1v) is 8.91. The highest BCUT2D eigenvalue weighted by atomic mass is 19.1. The second kappa shape index (κ2) is 9.50. The van der Waals surface area contributed by atoms with Gasteiger partial charge in [-0.05, 0) is 35.9 Å². The number of nitrogens with zero attached hydrogens (tertiary/aromatic N) is 2. The number of rotatable bonds is 8. The van der Waals surface area contributed by atoms with Gasteiger partial charge in [0, 0.05) is 18.7 Å². The van der Waals surface area contributed by atoms with Crippen LogP contribution >= 0.6 is 0 Å². The summed E-state index contributed by atoms with van der Waals surface area (Å²) in [6, 6.07) is 15.1. The quantitative estimate of drug-likeness (QED) is 0.608. The molecule has 0 saturated heterocycles. The molecule has 0 spiro atoms. The molecular weight excluding hydrogens is 375 g/mol. The van der Waals surface area contributed by atoms with Crippen molar-refractivity contribution in [3.8, 4) is 11.5 Å². The zero-order valence-electron chi connectivity index (χ0n) is 16.1. The molecule has 1 aromatic heterocycles. The van der Waals surface area contributed by atoms with Crippen molar-refractivity contribution in [1.29, 1.82) is 0 Å². The van der Waals surface area contributed by atoms with Crippen LogP contribution in [0.1, 0.15) is 21.6 Å². The van der Waals surface area contributed by atoms with Crippen molar-refractivity contribution in [2.75, 3.05) is 19.5 Å². The van der Waals surface area contributed by atoms with Crippen LogP contribution in [0.15, 0.2) is 54.6 Å². The van der Waals surface area contributed by atoms with Crippen molar-refractivity contribution < 1.29 is 18.7 Å². The third-order valence-corrected chi connectivity index (χ3v) is 4.22. The molecule has 2 N–H and O–H groups in total. The standard InChI is InChI=1S/C21H21FN4O3/c1-28-18-9-7-14(11-19(18)29-2)12-24-21(27)17-8-10-20(26-25-17)23-13-15-5-3-4-6-16(15)22/h3-11H,12-13H2,1-2H3,(H,23,26)(H,24,27). The van der Waals surface area contributed by atoms with Crippen LogP contribution in [0.5, 0.6) is 11.5 Å². The number of carbonyl (C=O) groups is 1. The van der Waals surface area contributed by atoms with Crippen molar-refractivity contribution in [2.24, 2.45) is 0 Å². The lowest BCUT2D eigenvalue weighted by Gasteiger charge is -2.10. The number of nitrogens with one attached hydrogen (secondary N) is 2. The molecule has 1 heterocycles. The summed E-state index contributed by atoms with van der Waals surface area (Å²) in [6.07, 6.45) is 0. The third kappa shape index (κ3) is 5.19. The number of benzene rings is 2. The van der Waals surface area contributed by atoms with E-state index >= 15 is 0 Å². The largest absolute Gasteiger partial charge is 0.493 e. The molecule has 1 amide bonds. The minimum absolute atomic E-state index is 0.182. The van der Waals surface area contributed by atoms with Crippen molar-refractivity contribution in [3.63, 3.8) is 0 Å². The first-order chi connectivity index (χ1) is 14.1. The average Bonchev–Trinajstić information content (AvgIpc) is 2.77. The fraction of sp³-hybridized carbons (Fsp3) is 0.190. The van der Waals surface area contributed by atoms with Gasteiger partial charge in [-0.1, -0.05) is 24.3 Å². The highest BCUT2D eigenvalue weighted by molar-refractivity contribution is 5.92. The van der Waals surface area contributed by atoms with Crippen LogP contribution in [0.3, 0.4) is 0 Å². The first-order valence-electron chi connectivity index (χ1n) is 8.91. The molecule has 0 atom stereocenters. The van der Waals surface area contributed by atoms with Crippen molar-refractivity contribution in [2.45, 2.75) is 13.1 Å². The summed E-state index contributed by atoms with van der Waals surface area (Å²) in [4.78, 5) is 12.3. The van der Waals surface area contributed by atoms with Crippen molar-refractivity contribution >= 4 is 11.7 Å². The van der Waals surface area contributed by atoms with E-state index in [9.17, 15) is 9.18 Å². The van der Waals surface area contributed by atoms with E-state index in [2.05, 4.69) is 20.8 Å². The van der Waals surface area contributed by atoms with Crippen LogP contribution in [0, 0.1) is 5.82 Å². The molecule has 7 nitrogen and oxygen atoms in total. The van der Waals surface area contributed by atoms with E-state index in [1.807, 2.05) is 6.07 Å². The lowest BCUT2D eigenvalue weighted by atomic mass is 10.2. The van der Waals surface area contributed by atoms with Crippen LogP contribution in [0.25, 0.3) is 0 Å². The number of amides is 1. The van der Waals surface area contributed by atoms with E-state index in [1.54, 1.807) is 56.7 Å². The molecule has 0 bridgehead atoms. The molecule has 0 aliphatic heterocycles. The molecule has 0 fully saturated rings. The molecule has 8 heteroatoms. The van der Waals surface area contributed by atoms with E-state index in [1.165, 1.54) is 6.07 Å². The van der Waals surface area contributed by atoms with E-state index < -0.39 is 0 Å². The second-order valence-electron chi connectivity index (χ2n) is 6.12. The van der Waals surface area contributed by atoms with Gasteiger partial charge in [-0.3, -0.25) is 4.79 Å². The Balaban J connectivity index is 1.55. The zero-order chi connectivity index (χ0) is 20.6. The Kier molecular flexibility index (Phi) is 6.57. The van der Waals surface area contributed by atoms with Gasteiger partial charge in [0.2, 0.25) is 0 Å². The number of carbonyl (C=O) groups excluding carboxylic acids is 1. The Morgan fingerprint density at radius 1 is 0.966 bits per heavy atom. The Labute approximate surface area is 167 Å². The Morgan fingerprint density at radius 2 is 1.76 bits per heavy atom. The lowest BCUT2D eigenvalue weighted by Crippen LogP contribution is -2.24. The van der Waals surface area contributed by atoms with Crippen LogP contribution in [-0.4, -0.2) is 30.3 Å². The lowest BCUT2D eigenvalue weighted by molar-refractivity contribution is 0.0945. The van der Waals surface area contributed by atoms with Gasteiger partial charge in [0.25, 0.3) is 5.91 Å². The maximum Gasteiger partial charge on any atom is 0.272 e. The van der Waals surface area contributed by atoms with Crippen LogP contribution in [0.4, 0.5) is 10.2 Å². The number of hydrogen-bond donors (Lipinski definition) is 2. The smallest absolute Gasteiger partial charge is 0.272 e. The zero-order valence-corrected chi connectivity index (χ0v) is 16.1. The molecule has 29 heavy (non-hydrogen) atoms. The number of ether oxygens (including phenoxy) is 2. The highest BCUT2D eigenvalue weighted by Gasteiger charge is 2.10. The fourth-order valence-corrected chi connectivity index (χ4v) is 2.64. The molecule has 0 radical (unpaired) electrons. The number of anilines is 1. The first kappa shape index (κ1) is 20.1. The fourth-order valence-electron chi connectivity index (χ4n) is 2.64. The minimum Gasteiger partial charge on any atom is -0.493 e. The third-order valence-electron chi connectivity index (χ3n) is 4.22. The minimum atomic E-state index is -0.354. The summed E-state index contributed by atoms with van der Waals surface area (Å²) in [5.41, 5.74) is 1.56. The monoisotopic (exact) mass is 396 g/mol. The van der Waals surface area contributed by atoms with Gasteiger partial charge < -0.3 is 20.1 Å². The summed E-state index contributed by atoms with van der Waals surface area (Å²) in [6.45, 7) is 0.570. The molecule has 3 aromatic rings. The van der Waals surface area contributed by atoms with Gasteiger partial charge >= 0.3 is 0 Å². The summed E-state index contributed by atoms with van der Waals surface area (Å²) >= 11 is 0. The van der Waals surface area contributed by atoms with E-state index in [-0.39, 0.29) is 24.0 Å². The molecule has 0 saturated carbocycles. The van der Waals surface area contributed by atoms with Gasteiger partial charge in [-0.2, -0.15) is 0 Å². The van der Waals surface area contributed by atoms with Gasteiger partial charge in [-0.25, -0.2) is 4.39 Å². The normalized spacial score (nSPS) is 10.3. The van der Waals surface area contributed by atoms with Gasteiger partial charge in [0.05, 0.1) is 14.2 Å². The number of hydrogen-bond acceptors (Lipinski definition) is 6. The van der Waals surface area contributed by atoms with E-state index in [0.29, 0.717) is 29.4 Å². The Hall–Kier alpha value is -3.68. The number of halogens is 1. The molecular formula is C21H21FN4O3. The Morgan fingerprint density at radius 3 is 2.45 bits per heavy atom. The van der Waals surface area contributed by atoms with Gasteiger partial charge in [0.1, 0.15) is 11.6 Å². The SMILES string of the molecule is COc1ccc(CNC(=O)c2ccc(NCc3ccccc3F)nn2)cc1OC. The van der Waals surface area contributed by atoms with Gasteiger partial charge in [0.15, 0.2) is 17.2 Å². The summed E-state index contributed by atoms with van der Waals surface area (Å²) in [5, 5.41) is 13.7. The van der Waals surface area contributed by atoms with Crippen molar-refractivity contribution in [3.05, 3.63) is 77.2 Å².